The van der Waals surface area contributed by atoms with Gasteiger partial charge in [0.15, 0.2) is 5.58 Å². The van der Waals surface area contributed by atoms with Crippen molar-refractivity contribution in [3.8, 4) is 12.1 Å². The molecule has 3 rings (SSSR count). The van der Waals surface area contributed by atoms with Crippen molar-refractivity contribution in [1.29, 1.82) is 10.5 Å². The smallest absolute Gasteiger partial charge is 0.214 e. The van der Waals surface area contributed by atoms with Gasteiger partial charge in [-0.1, -0.05) is 207 Å². The topological polar surface area (TPSA) is 80.3 Å². The zero-order valence-electron chi connectivity index (χ0n) is 38.2. The molecule has 6 nitrogen and oxygen atoms in total. The lowest BCUT2D eigenvalue weighted by atomic mass is 10.0. The van der Waals surface area contributed by atoms with E-state index in [9.17, 15) is 10.5 Å². The highest BCUT2D eigenvalue weighted by Gasteiger charge is 2.28. The zero-order valence-corrected chi connectivity index (χ0v) is 38.2. The van der Waals surface area contributed by atoms with Gasteiger partial charge in [0.25, 0.3) is 0 Å². The van der Waals surface area contributed by atoms with Crippen LogP contribution in [0.3, 0.4) is 0 Å². The minimum atomic E-state index is 0.531. The van der Waals surface area contributed by atoms with E-state index in [0.29, 0.717) is 16.7 Å². The molecule has 0 atom stereocenters. The lowest BCUT2D eigenvalue weighted by Gasteiger charge is -2.26. The third-order valence-electron chi connectivity index (χ3n) is 12.4. The minimum Gasteiger partial charge on any atom is -0.461 e. The molecule has 0 spiro atoms. The van der Waals surface area contributed by atoms with Gasteiger partial charge < -0.3 is 18.6 Å². The van der Waals surface area contributed by atoms with Crippen LogP contribution in [-0.2, 0) is 0 Å². The second-order valence-electron chi connectivity index (χ2n) is 17.5. The molecule has 1 aromatic carbocycles. The maximum atomic E-state index is 11.0. The highest BCUT2D eigenvalue weighted by atomic mass is 16.4. The number of nitrogens with zero attached hydrogens (tertiary/aromatic N) is 4. The van der Waals surface area contributed by atoms with E-state index in [0.717, 1.165) is 79.8 Å². The molecular formula is C52H86N4O2. The van der Waals surface area contributed by atoms with E-state index in [1.54, 1.807) is 6.26 Å². The van der Waals surface area contributed by atoms with Crippen LogP contribution in [0.1, 0.15) is 244 Å². The fourth-order valence-electron chi connectivity index (χ4n) is 8.82. The Bertz CT molecular complexity index is 1520. The molecule has 2 heterocycles. The summed E-state index contributed by atoms with van der Waals surface area (Å²) in [6, 6.07) is 7.04. The molecule has 0 radical (unpaired) electrons. The van der Waals surface area contributed by atoms with Crippen LogP contribution in [0.2, 0.25) is 0 Å². The fourth-order valence-corrected chi connectivity index (χ4v) is 8.82. The van der Waals surface area contributed by atoms with Crippen molar-refractivity contribution < 1.29 is 8.83 Å². The molecule has 326 valence electrons. The molecule has 58 heavy (non-hydrogen) atoms. The Morgan fingerprint density at radius 2 is 0.828 bits per heavy atom. The summed E-state index contributed by atoms with van der Waals surface area (Å²) in [5.41, 5.74) is 3.57. The monoisotopic (exact) mass is 799 g/mol. The average Bonchev–Trinajstić information content (AvgIpc) is 3.83. The molecule has 6 heteroatoms. The molecule has 0 aliphatic heterocycles. The maximum absolute atomic E-state index is 11.0. The van der Waals surface area contributed by atoms with Crippen LogP contribution >= 0.6 is 0 Å². The maximum Gasteiger partial charge on any atom is 0.214 e. The van der Waals surface area contributed by atoms with Crippen molar-refractivity contribution in [2.45, 2.75) is 233 Å². The highest BCUT2D eigenvalue weighted by Crippen LogP contribution is 2.44. The summed E-state index contributed by atoms with van der Waals surface area (Å²) >= 11 is 0. The van der Waals surface area contributed by atoms with Crippen LogP contribution in [-0.4, -0.2) is 26.2 Å². The summed E-state index contributed by atoms with van der Waals surface area (Å²) in [4.78, 5) is 4.90. The molecule has 2 aromatic heterocycles. The molecule has 0 saturated heterocycles. The largest absolute Gasteiger partial charge is 0.461 e. The van der Waals surface area contributed by atoms with Gasteiger partial charge >= 0.3 is 0 Å². The third kappa shape index (κ3) is 17.6. The average molecular weight is 799 g/mol. The van der Waals surface area contributed by atoms with Gasteiger partial charge in [0, 0.05) is 31.6 Å². The van der Waals surface area contributed by atoms with Crippen molar-refractivity contribution in [2.24, 2.45) is 0 Å². The fraction of sp³-hybridized carbons (Fsp3) is 0.769. The quantitative estimate of drug-likeness (QED) is 0.0537. The Hall–Kier alpha value is -3.12. The lowest BCUT2D eigenvalue weighted by Crippen LogP contribution is -2.27. The van der Waals surface area contributed by atoms with Crippen molar-refractivity contribution in [2.75, 3.05) is 36.0 Å². The van der Waals surface area contributed by atoms with Crippen LogP contribution in [0.5, 0.6) is 0 Å². The van der Waals surface area contributed by atoms with Crippen molar-refractivity contribution in [3.05, 3.63) is 23.5 Å². The van der Waals surface area contributed by atoms with Gasteiger partial charge in [0.1, 0.15) is 29.5 Å². The molecule has 0 N–H and O–H groups in total. The predicted molar refractivity (Wildman–Crippen MR) is 250 cm³/mol. The van der Waals surface area contributed by atoms with E-state index in [1.807, 2.05) is 6.07 Å². The van der Waals surface area contributed by atoms with E-state index in [-0.39, 0.29) is 0 Å². The number of fused-ring (bicyclic) bond motifs is 2. The first-order valence-corrected chi connectivity index (χ1v) is 25.0. The number of hydrogen-bond donors (Lipinski definition) is 0. The van der Waals surface area contributed by atoms with E-state index >= 15 is 0 Å². The summed E-state index contributed by atoms with van der Waals surface area (Å²) in [6.45, 7) is 12.7. The molecule has 0 aliphatic carbocycles. The number of anilines is 2. The minimum absolute atomic E-state index is 0.531. The molecule has 0 bridgehead atoms. The molecule has 3 aromatic rings. The summed E-state index contributed by atoms with van der Waals surface area (Å²) in [5.74, 6) is 0.718. The van der Waals surface area contributed by atoms with Crippen molar-refractivity contribution in [1.82, 2.24) is 0 Å². The van der Waals surface area contributed by atoms with Crippen LogP contribution in [0, 0.1) is 22.7 Å². The first-order chi connectivity index (χ1) is 28.6. The van der Waals surface area contributed by atoms with Crippen LogP contribution in [0.25, 0.3) is 21.9 Å². The van der Waals surface area contributed by atoms with Gasteiger partial charge in [-0.3, -0.25) is 0 Å². The van der Waals surface area contributed by atoms with E-state index < -0.39 is 0 Å². The molecule has 0 unspecified atom stereocenters. The van der Waals surface area contributed by atoms with Gasteiger partial charge in [0.05, 0.1) is 16.6 Å². The SMILES string of the molecule is CCCCCCCCCCN(CCCCCCCCCC)c1oc2cc3c(C#N)coc3c(N(CCCCCCCCCC)CCCCCCCCCC)c2c1C#N. The van der Waals surface area contributed by atoms with Gasteiger partial charge in [-0.2, -0.15) is 10.5 Å². The highest BCUT2D eigenvalue weighted by molar-refractivity contribution is 6.12. The molecule has 0 saturated carbocycles. The number of rotatable bonds is 38. The Morgan fingerprint density at radius 1 is 0.466 bits per heavy atom. The van der Waals surface area contributed by atoms with Gasteiger partial charge in [-0.05, 0) is 31.7 Å². The molecular weight excluding hydrogens is 713 g/mol. The van der Waals surface area contributed by atoms with E-state index in [4.69, 9.17) is 8.83 Å². The standard InChI is InChI=1S/C52H86N4O2/c1-5-9-13-17-21-25-29-33-37-55(38-34-30-26-22-18-14-10-6-2)50-49-47(43-54)52(58-48(49)41-46-45(42-53)44-57-51(46)50)56(39-35-31-27-23-19-15-11-7-3)40-36-32-28-24-20-16-12-8-4/h41,44H,5-40H2,1-4H3. The van der Waals surface area contributed by atoms with Crippen LogP contribution in [0.15, 0.2) is 21.2 Å². The summed E-state index contributed by atoms with van der Waals surface area (Å²) < 4.78 is 13.2. The Morgan fingerprint density at radius 3 is 1.19 bits per heavy atom. The number of hydrogen-bond acceptors (Lipinski definition) is 6. The Kier molecular flexibility index (Phi) is 27.0. The third-order valence-corrected chi connectivity index (χ3v) is 12.4. The Labute approximate surface area is 356 Å². The summed E-state index contributed by atoms with van der Waals surface area (Å²) in [7, 11) is 0. The van der Waals surface area contributed by atoms with Gasteiger partial charge in [0.2, 0.25) is 5.88 Å². The summed E-state index contributed by atoms with van der Waals surface area (Å²) in [5, 5.41) is 22.9. The lowest BCUT2D eigenvalue weighted by molar-refractivity contribution is 0.527. The predicted octanol–water partition coefficient (Wildman–Crippen LogP) is 17.1. The number of unbranched alkanes of at least 4 members (excludes halogenated alkanes) is 28. The van der Waals surface area contributed by atoms with Gasteiger partial charge in [-0.25, -0.2) is 0 Å². The van der Waals surface area contributed by atoms with Crippen molar-refractivity contribution in [3.63, 3.8) is 0 Å². The molecule has 0 fully saturated rings. The van der Waals surface area contributed by atoms with Crippen molar-refractivity contribution >= 4 is 33.5 Å². The number of benzene rings is 1. The number of nitriles is 2. The normalized spacial score (nSPS) is 11.5. The van der Waals surface area contributed by atoms with Gasteiger partial charge in [-0.15, -0.1) is 0 Å². The van der Waals surface area contributed by atoms with E-state index in [2.05, 4.69) is 49.6 Å². The second-order valence-corrected chi connectivity index (χ2v) is 17.5. The van der Waals surface area contributed by atoms with E-state index in [1.165, 1.54) is 180 Å². The Balaban J connectivity index is 1.93. The first kappa shape index (κ1) is 49.2. The summed E-state index contributed by atoms with van der Waals surface area (Å²) in [6.07, 6.45) is 42.3. The number of furan rings is 2. The molecule has 0 aliphatic rings. The zero-order chi connectivity index (χ0) is 41.5. The molecule has 0 amide bonds. The second kappa shape index (κ2) is 31.8. The first-order valence-electron chi connectivity index (χ1n) is 25.0. The van der Waals surface area contributed by atoms with Crippen LogP contribution in [0.4, 0.5) is 11.6 Å². The van der Waals surface area contributed by atoms with Crippen LogP contribution < -0.4 is 9.80 Å².